The van der Waals surface area contributed by atoms with E-state index in [0.29, 0.717) is 35.3 Å². The van der Waals surface area contributed by atoms with Gasteiger partial charge in [0.15, 0.2) is 11.5 Å². The third kappa shape index (κ3) is 2.61. The van der Waals surface area contributed by atoms with E-state index in [1.807, 2.05) is 0 Å². The first-order valence-corrected chi connectivity index (χ1v) is 8.67. The number of hydrogen-bond acceptors (Lipinski definition) is 6. The van der Waals surface area contributed by atoms with E-state index in [-0.39, 0.29) is 10.1 Å². The number of aromatic nitrogens is 1. The molecule has 0 saturated carbocycles. The quantitative estimate of drug-likeness (QED) is 0.864. The summed E-state index contributed by atoms with van der Waals surface area (Å²) in [5.41, 5.74) is 0.550. The van der Waals surface area contributed by atoms with Crippen LogP contribution in [0, 0.1) is 0 Å². The predicted molar refractivity (Wildman–Crippen MR) is 75.4 cm³/mol. The molecule has 0 radical (unpaired) electrons. The number of ether oxygens (including phenoxy) is 2. The van der Waals surface area contributed by atoms with Crippen molar-refractivity contribution in [3.63, 3.8) is 0 Å². The molecule has 1 aliphatic heterocycles. The van der Waals surface area contributed by atoms with E-state index in [0.717, 1.165) is 11.3 Å². The minimum atomic E-state index is -3.46. The first kappa shape index (κ1) is 13.7. The molecule has 2 heterocycles. The lowest BCUT2D eigenvalue weighted by Crippen LogP contribution is -2.16. The van der Waals surface area contributed by atoms with E-state index in [2.05, 4.69) is 4.98 Å². The minimum absolute atomic E-state index is 0.100. The fourth-order valence-electron chi connectivity index (χ4n) is 1.89. The van der Waals surface area contributed by atoms with Gasteiger partial charge < -0.3 is 9.47 Å². The first-order valence-electron chi connectivity index (χ1n) is 5.76. The Bertz CT molecular complexity index is 728. The van der Waals surface area contributed by atoms with Gasteiger partial charge in [-0.05, 0) is 17.7 Å². The van der Waals surface area contributed by atoms with E-state index < -0.39 is 9.84 Å². The summed E-state index contributed by atoms with van der Waals surface area (Å²) in [5, 5.41) is 1.98. The average molecular weight is 332 g/mol. The Labute approximate surface area is 125 Å². The molecule has 1 aromatic heterocycles. The van der Waals surface area contributed by atoms with E-state index in [1.165, 1.54) is 6.20 Å². The second-order valence-corrected chi connectivity index (χ2v) is 7.62. The second-order valence-electron chi connectivity index (χ2n) is 4.16. The summed E-state index contributed by atoms with van der Waals surface area (Å²) in [6.45, 7) is 0.857. The van der Waals surface area contributed by atoms with Gasteiger partial charge in [-0.2, -0.15) is 0 Å². The lowest BCUT2D eigenvalue weighted by molar-refractivity contribution is 0.171. The molecule has 0 bridgehead atoms. The molecule has 0 aliphatic carbocycles. The van der Waals surface area contributed by atoms with Crippen LogP contribution in [0.25, 0.3) is 0 Å². The van der Waals surface area contributed by atoms with Crippen LogP contribution in [0.4, 0.5) is 0 Å². The number of rotatable bonds is 3. The summed E-state index contributed by atoms with van der Waals surface area (Å²) in [7, 11) is -3.46. The molecule has 0 saturated heterocycles. The fourth-order valence-corrected chi connectivity index (χ4v) is 4.42. The van der Waals surface area contributed by atoms with Crippen LogP contribution in [0.5, 0.6) is 11.5 Å². The molecule has 0 spiro atoms. The van der Waals surface area contributed by atoms with Crippen molar-refractivity contribution in [2.24, 2.45) is 0 Å². The first-order chi connectivity index (χ1) is 9.56. The number of thiazole rings is 1. The van der Waals surface area contributed by atoms with Gasteiger partial charge in [0.25, 0.3) is 0 Å². The largest absolute Gasteiger partial charge is 0.486 e. The number of sulfone groups is 1. The Morgan fingerprint density at radius 3 is 2.85 bits per heavy atom. The van der Waals surface area contributed by atoms with Crippen LogP contribution in [0.15, 0.2) is 28.0 Å². The minimum Gasteiger partial charge on any atom is -0.486 e. The van der Waals surface area contributed by atoms with Gasteiger partial charge in [0, 0.05) is 11.6 Å². The number of benzene rings is 1. The van der Waals surface area contributed by atoms with Crippen molar-refractivity contribution in [1.29, 1.82) is 0 Å². The Kier molecular flexibility index (Phi) is 3.57. The molecule has 5 nitrogen and oxygen atoms in total. The highest BCUT2D eigenvalue weighted by molar-refractivity contribution is 7.92. The van der Waals surface area contributed by atoms with Crippen molar-refractivity contribution < 1.29 is 17.9 Å². The highest BCUT2D eigenvalue weighted by atomic mass is 35.5. The molecule has 0 amide bonds. The summed E-state index contributed by atoms with van der Waals surface area (Å²) >= 11 is 7.18. The third-order valence-corrected chi connectivity index (χ3v) is 5.94. The summed E-state index contributed by atoms with van der Waals surface area (Å²) in [4.78, 5) is 3.84. The van der Waals surface area contributed by atoms with Crippen molar-refractivity contribution in [1.82, 2.24) is 4.98 Å². The van der Waals surface area contributed by atoms with Crippen LogP contribution in [0.2, 0.25) is 5.02 Å². The SMILES string of the molecule is O=S(=O)(Cc1cc(Cl)c2c(c1)OCCO2)c1nccs1. The van der Waals surface area contributed by atoms with Crippen LogP contribution >= 0.6 is 22.9 Å². The van der Waals surface area contributed by atoms with Crippen molar-refractivity contribution in [3.05, 3.63) is 34.3 Å². The highest BCUT2D eigenvalue weighted by Gasteiger charge is 2.22. The second kappa shape index (κ2) is 5.23. The lowest BCUT2D eigenvalue weighted by atomic mass is 10.2. The molecule has 0 fully saturated rings. The number of nitrogens with zero attached hydrogens (tertiary/aromatic N) is 1. The van der Waals surface area contributed by atoms with E-state index in [9.17, 15) is 8.42 Å². The molecular weight excluding hydrogens is 322 g/mol. The molecule has 20 heavy (non-hydrogen) atoms. The standard InChI is InChI=1S/C12H10ClNO4S2/c13-9-5-8(6-10-11(9)18-3-2-17-10)7-20(15,16)12-14-1-4-19-12/h1,4-6H,2-3,7H2. The summed E-state index contributed by atoms with van der Waals surface area (Å²) in [6, 6.07) is 3.23. The Morgan fingerprint density at radius 1 is 1.30 bits per heavy atom. The average Bonchev–Trinajstić information content (AvgIpc) is 2.93. The van der Waals surface area contributed by atoms with Gasteiger partial charge in [0.2, 0.25) is 14.2 Å². The predicted octanol–water partition coefficient (Wildman–Crippen LogP) is 2.54. The van der Waals surface area contributed by atoms with Crippen LogP contribution in [0.3, 0.4) is 0 Å². The maximum absolute atomic E-state index is 12.2. The van der Waals surface area contributed by atoms with E-state index in [1.54, 1.807) is 17.5 Å². The van der Waals surface area contributed by atoms with Crippen molar-refractivity contribution >= 4 is 32.8 Å². The molecule has 1 aliphatic rings. The van der Waals surface area contributed by atoms with Gasteiger partial charge in [-0.15, -0.1) is 11.3 Å². The van der Waals surface area contributed by atoms with Crippen LogP contribution in [0.1, 0.15) is 5.56 Å². The Morgan fingerprint density at radius 2 is 2.10 bits per heavy atom. The molecule has 3 rings (SSSR count). The number of hydrogen-bond donors (Lipinski definition) is 0. The number of halogens is 1. The van der Waals surface area contributed by atoms with Gasteiger partial charge in [-0.25, -0.2) is 13.4 Å². The summed E-state index contributed by atoms with van der Waals surface area (Å²) in [6.07, 6.45) is 1.47. The molecule has 0 unspecified atom stereocenters. The monoisotopic (exact) mass is 331 g/mol. The summed E-state index contributed by atoms with van der Waals surface area (Å²) in [5.74, 6) is 0.776. The maximum atomic E-state index is 12.2. The molecular formula is C12H10ClNO4S2. The zero-order chi connectivity index (χ0) is 14.2. The molecule has 106 valence electrons. The molecule has 1 aromatic carbocycles. The van der Waals surface area contributed by atoms with Gasteiger partial charge >= 0.3 is 0 Å². The summed E-state index contributed by atoms with van der Waals surface area (Å²) < 4.78 is 35.3. The molecule has 0 N–H and O–H groups in total. The topological polar surface area (TPSA) is 65.5 Å². The normalized spacial score (nSPS) is 14.2. The Hall–Kier alpha value is -1.31. The van der Waals surface area contributed by atoms with Crippen molar-refractivity contribution in [2.45, 2.75) is 10.1 Å². The number of fused-ring (bicyclic) bond motifs is 1. The van der Waals surface area contributed by atoms with Gasteiger partial charge in [0.05, 0.1) is 10.8 Å². The van der Waals surface area contributed by atoms with Crippen LogP contribution in [-0.4, -0.2) is 26.6 Å². The molecule has 8 heteroatoms. The highest BCUT2D eigenvalue weighted by Crippen LogP contribution is 2.39. The van der Waals surface area contributed by atoms with Crippen LogP contribution in [-0.2, 0) is 15.6 Å². The lowest BCUT2D eigenvalue weighted by Gasteiger charge is -2.20. The Balaban J connectivity index is 1.94. The van der Waals surface area contributed by atoms with Gasteiger partial charge in [-0.1, -0.05) is 11.6 Å². The fraction of sp³-hybridized carbons (Fsp3) is 0.250. The zero-order valence-corrected chi connectivity index (χ0v) is 12.6. The van der Waals surface area contributed by atoms with Crippen LogP contribution < -0.4 is 9.47 Å². The smallest absolute Gasteiger partial charge is 0.209 e. The molecule has 0 atom stereocenters. The molecule has 2 aromatic rings. The van der Waals surface area contributed by atoms with Crippen molar-refractivity contribution in [3.8, 4) is 11.5 Å². The zero-order valence-electron chi connectivity index (χ0n) is 10.2. The van der Waals surface area contributed by atoms with Gasteiger partial charge in [0.1, 0.15) is 13.2 Å². The maximum Gasteiger partial charge on any atom is 0.209 e. The van der Waals surface area contributed by atoms with Crippen molar-refractivity contribution in [2.75, 3.05) is 13.2 Å². The van der Waals surface area contributed by atoms with E-state index >= 15 is 0 Å². The van der Waals surface area contributed by atoms with Gasteiger partial charge in [-0.3, -0.25) is 0 Å². The van der Waals surface area contributed by atoms with E-state index in [4.69, 9.17) is 21.1 Å². The third-order valence-electron chi connectivity index (χ3n) is 2.69.